The number of aryl methyl sites for hydroxylation is 2. The summed E-state index contributed by atoms with van der Waals surface area (Å²) < 4.78 is 0. The molecule has 0 aliphatic carbocycles. The third-order valence-corrected chi connectivity index (χ3v) is 3.38. The SMILES string of the molecule is CCc1cccc(C)c1NCc1cccc(C(=O)O)c1. The van der Waals surface area contributed by atoms with Crippen molar-refractivity contribution in [3.8, 4) is 0 Å². The fraction of sp³-hybridized carbons (Fsp3) is 0.235. The largest absolute Gasteiger partial charge is 0.478 e. The summed E-state index contributed by atoms with van der Waals surface area (Å²) >= 11 is 0. The lowest BCUT2D eigenvalue weighted by molar-refractivity contribution is 0.0697. The number of nitrogens with one attached hydrogen (secondary N) is 1. The van der Waals surface area contributed by atoms with E-state index in [1.54, 1.807) is 18.2 Å². The standard InChI is InChI=1S/C17H19NO2/c1-3-14-8-4-6-12(2)16(14)18-11-13-7-5-9-15(10-13)17(19)20/h4-10,18H,3,11H2,1-2H3,(H,19,20). The van der Waals surface area contributed by atoms with E-state index in [2.05, 4.69) is 37.4 Å². The van der Waals surface area contributed by atoms with E-state index in [1.807, 2.05) is 6.07 Å². The van der Waals surface area contributed by atoms with Gasteiger partial charge in [-0.15, -0.1) is 0 Å². The zero-order valence-corrected chi connectivity index (χ0v) is 11.8. The first-order valence-electron chi connectivity index (χ1n) is 6.76. The van der Waals surface area contributed by atoms with E-state index in [0.29, 0.717) is 12.1 Å². The molecule has 0 heterocycles. The van der Waals surface area contributed by atoms with Crippen LogP contribution in [0.5, 0.6) is 0 Å². The van der Waals surface area contributed by atoms with Crippen molar-refractivity contribution < 1.29 is 9.90 Å². The van der Waals surface area contributed by atoms with Gasteiger partial charge in [0.05, 0.1) is 5.56 Å². The van der Waals surface area contributed by atoms with Crippen molar-refractivity contribution in [2.45, 2.75) is 26.8 Å². The van der Waals surface area contributed by atoms with Crippen molar-refractivity contribution in [3.63, 3.8) is 0 Å². The summed E-state index contributed by atoms with van der Waals surface area (Å²) in [7, 11) is 0. The van der Waals surface area contributed by atoms with Gasteiger partial charge < -0.3 is 10.4 Å². The second-order valence-electron chi connectivity index (χ2n) is 4.82. The Morgan fingerprint density at radius 1 is 1.20 bits per heavy atom. The molecule has 0 aromatic heterocycles. The highest BCUT2D eigenvalue weighted by atomic mass is 16.4. The summed E-state index contributed by atoms with van der Waals surface area (Å²) in [6, 6.07) is 13.3. The van der Waals surface area contributed by atoms with Gasteiger partial charge in [0.1, 0.15) is 0 Å². The fourth-order valence-corrected chi connectivity index (χ4v) is 2.28. The van der Waals surface area contributed by atoms with Crippen LogP contribution in [0.2, 0.25) is 0 Å². The first-order valence-corrected chi connectivity index (χ1v) is 6.76. The molecule has 3 heteroatoms. The van der Waals surface area contributed by atoms with Crippen molar-refractivity contribution in [1.82, 2.24) is 0 Å². The molecule has 0 amide bonds. The van der Waals surface area contributed by atoms with E-state index in [0.717, 1.165) is 17.7 Å². The van der Waals surface area contributed by atoms with Gasteiger partial charge in [-0.3, -0.25) is 0 Å². The Kier molecular flexibility index (Phi) is 4.41. The molecule has 104 valence electrons. The molecule has 0 aliphatic rings. The summed E-state index contributed by atoms with van der Waals surface area (Å²) in [5, 5.41) is 12.4. The number of para-hydroxylation sites is 1. The highest BCUT2D eigenvalue weighted by Gasteiger charge is 2.06. The number of benzene rings is 2. The summed E-state index contributed by atoms with van der Waals surface area (Å²) in [6.07, 6.45) is 0.971. The van der Waals surface area contributed by atoms with Crippen molar-refractivity contribution in [2.75, 3.05) is 5.32 Å². The predicted octanol–water partition coefficient (Wildman–Crippen LogP) is 3.87. The Hall–Kier alpha value is -2.29. The molecule has 3 nitrogen and oxygen atoms in total. The number of rotatable bonds is 5. The van der Waals surface area contributed by atoms with E-state index in [-0.39, 0.29) is 0 Å². The average molecular weight is 269 g/mol. The minimum Gasteiger partial charge on any atom is -0.478 e. The fourth-order valence-electron chi connectivity index (χ4n) is 2.28. The third-order valence-electron chi connectivity index (χ3n) is 3.38. The van der Waals surface area contributed by atoms with Gasteiger partial charge in [0.25, 0.3) is 0 Å². The summed E-state index contributed by atoms with van der Waals surface area (Å²) in [4.78, 5) is 11.0. The monoisotopic (exact) mass is 269 g/mol. The van der Waals surface area contributed by atoms with Crippen molar-refractivity contribution >= 4 is 11.7 Å². The molecule has 0 aliphatic heterocycles. The lowest BCUT2D eigenvalue weighted by Crippen LogP contribution is -2.05. The Bertz CT molecular complexity index is 620. The number of hydrogen-bond acceptors (Lipinski definition) is 2. The maximum Gasteiger partial charge on any atom is 0.335 e. The topological polar surface area (TPSA) is 49.3 Å². The van der Waals surface area contributed by atoms with Crippen LogP contribution in [0, 0.1) is 6.92 Å². The second kappa shape index (κ2) is 6.24. The Labute approximate surface area is 119 Å². The molecule has 0 bridgehead atoms. The quantitative estimate of drug-likeness (QED) is 0.866. The third kappa shape index (κ3) is 3.18. The molecule has 0 spiro atoms. The van der Waals surface area contributed by atoms with Gasteiger partial charge in [0, 0.05) is 12.2 Å². The van der Waals surface area contributed by atoms with E-state index < -0.39 is 5.97 Å². The summed E-state index contributed by atoms with van der Waals surface area (Å²) in [5.74, 6) is -0.892. The molecule has 0 atom stereocenters. The Balaban J connectivity index is 2.17. The molecule has 2 aromatic carbocycles. The van der Waals surface area contributed by atoms with Gasteiger partial charge in [-0.25, -0.2) is 4.79 Å². The van der Waals surface area contributed by atoms with Gasteiger partial charge in [-0.2, -0.15) is 0 Å². The Morgan fingerprint density at radius 3 is 2.65 bits per heavy atom. The number of carboxylic acid groups (broad SMARTS) is 1. The predicted molar refractivity (Wildman–Crippen MR) is 81.3 cm³/mol. The lowest BCUT2D eigenvalue weighted by atomic mass is 10.1. The number of hydrogen-bond donors (Lipinski definition) is 2. The van der Waals surface area contributed by atoms with Crippen LogP contribution in [0.1, 0.15) is 34.0 Å². The van der Waals surface area contributed by atoms with Gasteiger partial charge in [-0.1, -0.05) is 37.3 Å². The second-order valence-corrected chi connectivity index (χ2v) is 4.82. The maximum absolute atomic E-state index is 11.0. The van der Waals surface area contributed by atoms with Gasteiger partial charge in [0.2, 0.25) is 0 Å². The molecule has 20 heavy (non-hydrogen) atoms. The van der Waals surface area contributed by atoms with Gasteiger partial charge >= 0.3 is 5.97 Å². The molecule has 2 N–H and O–H groups in total. The number of anilines is 1. The molecule has 0 saturated carbocycles. The average Bonchev–Trinajstić information content (AvgIpc) is 2.46. The zero-order valence-electron chi connectivity index (χ0n) is 11.8. The number of aromatic carboxylic acids is 1. The van der Waals surface area contributed by atoms with E-state index in [1.165, 1.54) is 11.1 Å². The van der Waals surface area contributed by atoms with Crippen LogP contribution in [0.15, 0.2) is 42.5 Å². The van der Waals surface area contributed by atoms with Crippen LogP contribution in [-0.4, -0.2) is 11.1 Å². The molecular formula is C17H19NO2. The summed E-state index contributed by atoms with van der Waals surface area (Å²) in [6.45, 7) is 4.83. The van der Waals surface area contributed by atoms with Crippen molar-refractivity contribution in [2.24, 2.45) is 0 Å². The summed E-state index contributed by atoms with van der Waals surface area (Å²) in [5.41, 5.74) is 4.92. The van der Waals surface area contributed by atoms with Crippen molar-refractivity contribution in [3.05, 3.63) is 64.7 Å². The lowest BCUT2D eigenvalue weighted by Gasteiger charge is -2.14. The molecule has 0 fully saturated rings. The first-order chi connectivity index (χ1) is 9.61. The van der Waals surface area contributed by atoms with Crippen LogP contribution in [0.3, 0.4) is 0 Å². The minimum absolute atomic E-state index is 0.324. The van der Waals surface area contributed by atoms with E-state index in [9.17, 15) is 4.79 Å². The normalized spacial score (nSPS) is 10.3. The van der Waals surface area contributed by atoms with Crippen LogP contribution in [0.4, 0.5) is 5.69 Å². The highest BCUT2D eigenvalue weighted by Crippen LogP contribution is 2.22. The van der Waals surface area contributed by atoms with Crippen LogP contribution in [-0.2, 0) is 13.0 Å². The van der Waals surface area contributed by atoms with Crippen LogP contribution in [0.25, 0.3) is 0 Å². The molecule has 0 saturated heterocycles. The van der Waals surface area contributed by atoms with Gasteiger partial charge in [0.15, 0.2) is 0 Å². The first kappa shape index (κ1) is 14.1. The molecular weight excluding hydrogens is 250 g/mol. The molecule has 2 rings (SSSR count). The number of carbonyl (C=O) groups is 1. The minimum atomic E-state index is -0.892. The Morgan fingerprint density at radius 2 is 1.95 bits per heavy atom. The molecule has 2 aromatic rings. The maximum atomic E-state index is 11.0. The van der Waals surface area contributed by atoms with Crippen LogP contribution >= 0.6 is 0 Å². The van der Waals surface area contributed by atoms with E-state index >= 15 is 0 Å². The zero-order chi connectivity index (χ0) is 14.5. The van der Waals surface area contributed by atoms with Crippen molar-refractivity contribution in [1.29, 1.82) is 0 Å². The number of carboxylic acids is 1. The van der Waals surface area contributed by atoms with E-state index in [4.69, 9.17) is 5.11 Å². The van der Waals surface area contributed by atoms with Crippen LogP contribution < -0.4 is 5.32 Å². The highest BCUT2D eigenvalue weighted by molar-refractivity contribution is 5.87. The van der Waals surface area contributed by atoms with Gasteiger partial charge in [-0.05, 0) is 42.2 Å². The smallest absolute Gasteiger partial charge is 0.335 e. The molecule has 0 radical (unpaired) electrons. The molecule has 0 unspecified atom stereocenters.